The van der Waals surface area contributed by atoms with Gasteiger partial charge in [-0.05, 0) is 28.4 Å². The number of nitrogens with one attached hydrogen (secondary N) is 2. The van der Waals surface area contributed by atoms with E-state index in [9.17, 15) is 19.7 Å². The second-order valence-corrected chi connectivity index (χ2v) is 4.81. The quantitative estimate of drug-likeness (QED) is 0.605. The summed E-state index contributed by atoms with van der Waals surface area (Å²) in [6, 6.07) is 3.86. The molecule has 2 N–H and O–H groups in total. The van der Waals surface area contributed by atoms with Crippen LogP contribution in [-0.4, -0.2) is 29.8 Å². The van der Waals surface area contributed by atoms with E-state index in [2.05, 4.69) is 26.6 Å². The minimum absolute atomic E-state index is 0.113. The largest absolute Gasteiger partial charge is 0.355 e. The van der Waals surface area contributed by atoms with Crippen molar-refractivity contribution in [3.8, 4) is 0 Å². The third kappa shape index (κ3) is 4.61. The summed E-state index contributed by atoms with van der Waals surface area (Å²) in [6.45, 7) is 2.28. The SMILES string of the molecule is CCCNC(=O)CNC(=O)c1cc([N+](=O)[O-])ccc1Br. The fraction of sp³-hybridized carbons (Fsp3) is 0.333. The van der Waals surface area contributed by atoms with Gasteiger partial charge in [0.25, 0.3) is 11.6 Å². The molecular formula is C12H14BrN3O4. The zero-order valence-corrected chi connectivity index (χ0v) is 12.4. The van der Waals surface area contributed by atoms with E-state index < -0.39 is 10.8 Å². The first-order valence-corrected chi connectivity index (χ1v) is 6.73. The number of carbonyl (C=O) groups is 2. The van der Waals surface area contributed by atoms with E-state index in [0.717, 1.165) is 12.5 Å². The van der Waals surface area contributed by atoms with Crippen LogP contribution in [0.4, 0.5) is 5.69 Å². The molecule has 1 aromatic carbocycles. The highest BCUT2D eigenvalue weighted by Gasteiger charge is 2.16. The molecule has 7 nitrogen and oxygen atoms in total. The minimum atomic E-state index is -0.586. The first-order valence-electron chi connectivity index (χ1n) is 5.94. The molecule has 1 rings (SSSR count). The maximum absolute atomic E-state index is 11.9. The summed E-state index contributed by atoms with van der Waals surface area (Å²) in [5.74, 6) is -0.853. The molecule has 8 heteroatoms. The van der Waals surface area contributed by atoms with Crippen LogP contribution in [0.3, 0.4) is 0 Å². The molecule has 0 aliphatic heterocycles. The van der Waals surface area contributed by atoms with Gasteiger partial charge in [0.05, 0.1) is 17.0 Å². The Morgan fingerprint density at radius 3 is 2.65 bits per heavy atom. The Balaban J connectivity index is 2.70. The first kappa shape index (κ1) is 16.1. The molecular weight excluding hydrogens is 330 g/mol. The molecule has 20 heavy (non-hydrogen) atoms. The highest BCUT2D eigenvalue weighted by molar-refractivity contribution is 9.10. The van der Waals surface area contributed by atoms with Gasteiger partial charge in [-0.2, -0.15) is 0 Å². The second-order valence-electron chi connectivity index (χ2n) is 3.95. The maximum atomic E-state index is 11.9. The number of nitro groups is 1. The average molecular weight is 344 g/mol. The van der Waals surface area contributed by atoms with Gasteiger partial charge in [-0.15, -0.1) is 0 Å². The van der Waals surface area contributed by atoms with Gasteiger partial charge in [-0.3, -0.25) is 19.7 Å². The minimum Gasteiger partial charge on any atom is -0.355 e. The normalized spacial score (nSPS) is 9.90. The summed E-state index contributed by atoms with van der Waals surface area (Å²) in [6.07, 6.45) is 0.802. The number of benzene rings is 1. The van der Waals surface area contributed by atoms with Crippen molar-refractivity contribution in [2.24, 2.45) is 0 Å². The number of carbonyl (C=O) groups excluding carboxylic acids is 2. The monoisotopic (exact) mass is 343 g/mol. The number of nitrogens with zero attached hydrogens (tertiary/aromatic N) is 1. The lowest BCUT2D eigenvalue weighted by Gasteiger charge is -2.07. The van der Waals surface area contributed by atoms with Crippen LogP contribution in [0.1, 0.15) is 23.7 Å². The number of amides is 2. The Labute approximate surface area is 124 Å². The fourth-order valence-electron chi connectivity index (χ4n) is 1.38. The number of hydrogen-bond acceptors (Lipinski definition) is 4. The summed E-state index contributed by atoms with van der Waals surface area (Å²) < 4.78 is 0.426. The van der Waals surface area contributed by atoms with E-state index in [-0.39, 0.29) is 23.7 Å². The lowest BCUT2D eigenvalue weighted by atomic mass is 10.2. The maximum Gasteiger partial charge on any atom is 0.270 e. The van der Waals surface area contributed by atoms with Crippen LogP contribution in [-0.2, 0) is 4.79 Å². The average Bonchev–Trinajstić information content (AvgIpc) is 2.42. The Bertz CT molecular complexity index is 533. The topological polar surface area (TPSA) is 101 Å². The van der Waals surface area contributed by atoms with Crippen LogP contribution in [0.2, 0.25) is 0 Å². The Kier molecular flexibility index (Phi) is 6.10. The zero-order valence-electron chi connectivity index (χ0n) is 10.8. The van der Waals surface area contributed by atoms with Gasteiger partial charge >= 0.3 is 0 Å². The molecule has 0 aliphatic rings. The molecule has 0 fully saturated rings. The van der Waals surface area contributed by atoms with Gasteiger partial charge < -0.3 is 10.6 Å². The van der Waals surface area contributed by atoms with Crippen molar-refractivity contribution in [3.63, 3.8) is 0 Å². The summed E-state index contributed by atoms with van der Waals surface area (Å²) in [5, 5.41) is 15.7. The molecule has 0 heterocycles. The van der Waals surface area contributed by atoms with Gasteiger partial charge in [0, 0.05) is 23.2 Å². The fourth-order valence-corrected chi connectivity index (χ4v) is 1.81. The molecule has 0 saturated heterocycles. The van der Waals surface area contributed by atoms with Crippen LogP contribution in [0.15, 0.2) is 22.7 Å². The van der Waals surface area contributed by atoms with Crippen molar-refractivity contribution in [2.45, 2.75) is 13.3 Å². The van der Waals surface area contributed by atoms with Gasteiger partial charge in [-0.1, -0.05) is 6.92 Å². The number of hydrogen-bond donors (Lipinski definition) is 2. The standard InChI is InChI=1S/C12H14BrN3O4/c1-2-5-14-11(17)7-15-12(18)9-6-8(16(19)20)3-4-10(9)13/h3-4,6H,2,5,7H2,1H3,(H,14,17)(H,15,18). The molecule has 0 bridgehead atoms. The molecule has 0 radical (unpaired) electrons. The van der Waals surface area contributed by atoms with E-state index in [1.807, 2.05) is 6.92 Å². The lowest BCUT2D eigenvalue weighted by Crippen LogP contribution is -2.37. The van der Waals surface area contributed by atoms with Crippen molar-refractivity contribution in [1.29, 1.82) is 0 Å². The third-order valence-corrected chi connectivity index (χ3v) is 3.08. The van der Waals surface area contributed by atoms with Gasteiger partial charge in [-0.25, -0.2) is 0 Å². The number of nitro benzene ring substituents is 1. The Morgan fingerprint density at radius 2 is 2.05 bits per heavy atom. The number of non-ortho nitro benzene ring substituents is 1. The highest BCUT2D eigenvalue weighted by atomic mass is 79.9. The van der Waals surface area contributed by atoms with Gasteiger partial charge in [0.15, 0.2) is 0 Å². The predicted molar refractivity (Wildman–Crippen MR) is 76.4 cm³/mol. The molecule has 2 amide bonds. The van der Waals surface area contributed by atoms with Crippen molar-refractivity contribution >= 4 is 33.4 Å². The van der Waals surface area contributed by atoms with Crippen LogP contribution in [0, 0.1) is 10.1 Å². The number of halogens is 1. The van der Waals surface area contributed by atoms with Crippen LogP contribution >= 0.6 is 15.9 Å². The summed E-state index contributed by atoms with van der Waals surface area (Å²) >= 11 is 3.15. The van der Waals surface area contributed by atoms with Crippen LogP contribution in [0.5, 0.6) is 0 Å². The molecule has 1 aromatic rings. The first-order chi connectivity index (χ1) is 9.45. The van der Waals surface area contributed by atoms with E-state index in [0.29, 0.717) is 11.0 Å². The molecule has 0 spiro atoms. The molecule has 0 aliphatic carbocycles. The highest BCUT2D eigenvalue weighted by Crippen LogP contribution is 2.22. The summed E-state index contributed by atoms with van der Waals surface area (Å²) in [4.78, 5) is 33.3. The Morgan fingerprint density at radius 1 is 1.35 bits per heavy atom. The van der Waals surface area contributed by atoms with E-state index in [4.69, 9.17) is 0 Å². The smallest absolute Gasteiger partial charge is 0.270 e. The molecule has 108 valence electrons. The Hall–Kier alpha value is -1.96. The summed E-state index contributed by atoms with van der Waals surface area (Å²) in [5.41, 5.74) is -0.0729. The number of rotatable bonds is 6. The predicted octanol–water partition coefficient (Wildman–Crippen LogP) is 1.61. The summed E-state index contributed by atoms with van der Waals surface area (Å²) in [7, 11) is 0. The van der Waals surface area contributed by atoms with E-state index in [1.54, 1.807) is 0 Å². The lowest BCUT2D eigenvalue weighted by molar-refractivity contribution is -0.384. The van der Waals surface area contributed by atoms with E-state index in [1.165, 1.54) is 12.1 Å². The van der Waals surface area contributed by atoms with Crippen molar-refractivity contribution < 1.29 is 14.5 Å². The van der Waals surface area contributed by atoms with Crippen LogP contribution < -0.4 is 10.6 Å². The zero-order chi connectivity index (χ0) is 15.1. The molecule has 0 unspecified atom stereocenters. The molecule has 0 atom stereocenters. The van der Waals surface area contributed by atoms with E-state index >= 15 is 0 Å². The molecule has 0 aromatic heterocycles. The van der Waals surface area contributed by atoms with Crippen molar-refractivity contribution in [3.05, 3.63) is 38.3 Å². The third-order valence-electron chi connectivity index (χ3n) is 2.39. The molecule has 0 saturated carbocycles. The second kappa shape index (κ2) is 7.59. The van der Waals surface area contributed by atoms with Gasteiger partial charge in [0.2, 0.25) is 5.91 Å². The van der Waals surface area contributed by atoms with Crippen LogP contribution in [0.25, 0.3) is 0 Å². The van der Waals surface area contributed by atoms with Crippen molar-refractivity contribution in [2.75, 3.05) is 13.1 Å². The van der Waals surface area contributed by atoms with Crippen molar-refractivity contribution in [1.82, 2.24) is 10.6 Å². The van der Waals surface area contributed by atoms with Gasteiger partial charge in [0.1, 0.15) is 0 Å².